The molecule has 0 atom stereocenters. The van der Waals surface area contributed by atoms with Crippen LogP contribution in [-0.2, 0) is 13.1 Å². The molecule has 1 amide bonds. The van der Waals surface area contributed by atoms with E-state index in [9.17, 15) is 19.6 Å². The summed E-state index contributed by atoms with van der Waals surface area (Å²) in [6.07, 6.45) is 0.517. The van der Waals surface area contributed by atoms with Crippen LogP contribution in [-0.4, -0.2) is 50.6 Å². The van der Waals surface area contributed by atoms with Crippen LogP contribution < -0.4 is 5.46 Å². The Morgan fingerprint density at radius 1 is 1.07 bits per heavy atom. The number of nitrogens with zero attached hydrogens (tertiary/aromatic N) is 3. The highest BCUT2D eigenvalue weighted by molar-refractivity contribution is 6.60. The lowest BCUT2D eigenvalue weighted by atomic mass is 9.77. The number of benzene rings is 2. The molecule has 3 aromatic rings. The predicted molar refractivity (Wildman–Crippen MR) is 104 cm³/mol. The number of amides is 1. The summed E-state index contributed by atoms with van der Waals surface area (Å²) in [5.41, 5.74) is 3.34. The Balaban J connectivity index is 1.57. The van der Waals surface area contributed by atoms with E-state index in [4.69, 9.17) is 0 Å². The Kier molecular flexibility index (Phi) is 4.81. The van der Waals surface area contributed by atoms with Gasteiger partial charge in [-0.1, -0.05) is 36.4 Å². The lowest BCUT2D eigenvalue weighted by molar-refractivity contribution is 0.0706. The Labute approximate surface area is 162 Å². The first kappa shape index (κ1) is 18.2. The number of aldehydes is 1. The minimum absolute atomic E-state index is 0.0794. The van der Waals surface area contributed by atoms with Gasteiger partial charge >= 0.3 is 7.12 Å². The van der Waals surface area contributed by atoms with E-state index in [1.54, 1.807) is 4.90 Å². The lowest BCUT2D eigenvalue weighted by Gasteiger charge is -2.28. The topological polar surface area (TPSA) is 95.7 Å². The van der Waals surface area contributed by atoms with Crippen molar-refractivity contribution in [3.05, 3.63) is 71.4 Å². The Hall–Kier alpha value is -3.23. The van der Waals surface area contributed by atoms with Crippen LogP contribution in [0.3, 0.4) is 0 Å². The normalized spacial score (nSPS) is 13.1. The Morgan fingerprint density at radius 3 is 2.57 bits per heavy atom. The number of aromatic nitrogens is 2. The monoisotopic (exact) mass is 375 g/mol. The highest BCUT2D eigenvalue weighted by atomic mass is 16.4. The zero-order valence-corrected chi connectivity index (χ0v) is 15.0. The molecule has 2 heterocycles. The first-order valence-corrected chi connectivity index (χ1v) is 8.93. The zero-order chi connectivity index (χ0) is 19.7. The number of carbonyl (C=O) groups excluding carboxylic acids is 2. The van der Waals surface area contributed by atoms with Crippen molar-refractivity contribution in [2.24, 2.45) is 0 Å². The van der Waals surface area contributed by atoms with Crippen LogP contribution in [0.4, 0.5) is 0 Å². The molecule has 8 heteroatoms. The average molecular weight is 375 g/mol. The molecule has 2 aromatic carbocycles. The van der Waals surface area contributed by atoms with Crippen LogP contribution in [0.2, 0.25) is 0 Å². The van der Waals surface area contributed by atoms with E-state index in [1.807, 2.05) is 41.1 Å². The van der Waals surface area contributed by atoms with Crippen molar-refractivity contribution < 1.29 is 19.6 Å². The molecule has 0 radical (unpaired) electrons. The molecule has 0 aliphatic carbocycles. The van der Waals surface area contributed by atoms with E-state index in [2.05, 4.69) is 5.10 Å². The summed E-state index contributed by atoms with van der Waals surface area (Å²) >= 11 is 0. The third-order valence-corrected chi connectivity index (χ3v) is 4.89. The first-order chi connectivity index (χ1) is 13.6. The van der Waals surface area contributed by atoms with Gasteiger partial charge in [-0.25, -0.2) is 0 Å². The Morgan fingerprint density at radius 2 is 1.86 bits per heavy atom. The maximum Gasteiger partial charge on any atom is 0.489 e. The minimum atomic E-state index is -1.76. The van der Waals surface area contributed by atoms with E-state index in [0.29, 0.717) is 31.5 Å². The van der Waals surface area contributed by atoms with E-state index in [1.165, 1.54) is 18.2 Å². The zero-order valence-electron chi connectivity index (χ0n) is 15.0. The summed E-state index contributed by atoms with van der Waals surface area (Å²) in [6, 6.07) is 16.1. The third-order valence-electron chi connectivity index (χ3n) is 4.89. The molecule has 1 aromatic heterocycles. The van der Waals surface area contributed by atoms with Gasteiger partial charge in [0, 0.05) is 23.2 Å². The van der Waals surface area contributed by atoms with Crippen molar-refractivity contribution in [1.82, 2.24) is 14.7 Å². The maximum absolute atomic E-state index is 12.9. The molecule has 7 nitrogen and oxygen atoms in total. The van der Waals surface area contributed by atoms with Crippen LogP contribution in [0.1, 0.15) is 26.4 Å². The quantitative estimate of drug-likeness (QED) is 0.517. The summed E-state index contributed by atoms with van der Waals surface area (Å²) in [5.74, 6) is -0.212. The smallest absolute Gasteiger partial charge is 0.423 e. The van der Waals surface area contributed by atoms with Gasteiger partial charge in [-0.05, 0) is 23.7 Å². The molecule has 0 saturated carbocycles. The van der Waals surface area contributed by atoms with E-state index in [0.717, 1.165) is 17.0 Å². The molecular weight excluding hydrogens is 357 g/mol. The highest BCUT2D eigenvalue weighted by Gasteiger charge is 2.25. The van der Waals surface area contributed by atoms with Crippen LogP contribution in [0, 0.1) is 0 Å². The van der Waals surface area contributed by atoms with Gasteiger partial charge in [0.05, 0.1) is 24.5 Å². The molecule has 0 spiro atoms. The van der Waals surface area contributed by atoms with Crippen molar-refractivity contribution in [1.29, 1.82) is 0 Å². The number of fused-ring (bicyclic) bond motifs is 1. The van der Waals surface area contributed by atoms with Gasteiger partial charge < -0.3 is 14.9 Å². The summed E-state index contributed by atoms with van der Waals surface area (Å²) in [5, 5.41) is 23.2. The van der Waals surface area contributed by atoms with Gasteiger partial charge in [-0.3, -0.25) is 14.3 Å². The van der Waals surface area contributed by atoms with Gasteiger partial charge in [0.2, 0.25) is 0 Å². The molecule has 4 rings (SSSR count). The van der Waals surface area contributed by atoms with Crippen LogP contribution in [0.25, 0.3) is 11.3 Å². The predicted octanol–water partition coefficient (Wildman–Crippen LogP) is 0.698. The highest BCUT2D eigenvalue weighted by Crippen LogP contribution is 2.22. The lowest BCUT2D eigenvalue weighted by Crippen LogP contribution is -2.39. The van der Waals surface area contributed by atoms with Gasteiger partial charge in [-0.2, -0.15) is 5.10 Å². The first-order valence-electron chi connectivity index (χ1n) is 8.93. The van der Waals surface area contributed by atoms with Crippen molar-refractivity contribution in [2.45, 2.75) is 13.1 Å². The standard InChI is InChI=1S/C20H18BN3O4/c25-13-16-10-15(6-7-18(16)21(27)28)20(26)23-8-9-24-17(12-23)11-19(22-24)14-4-2-1-3-5-14/h1-7,10-11,13,27-28H,8-9,12H2. The summed E-state index contributed by atoms with van der Waals surface area (Å²) in [4.78, 5) is 25.8. The molecule has 0 saturated heterocycles. The van der Waals surface area contributed by atoms with E-state index >= 15 is 0 Å². The molecule has 1 aliphatic heterocycles. The van der Waals surface area contributed by atoms with Gasteiger partial charge in [0.15, 0.2) is 0 Å². The average Bonchev–Trinajstić information content (AvgIpc) is 3.16. The SMILES string of the molecule is O=Cc1cc(C(=O)N2CCn3nc(-c4ccccc4)cc3C2)ccc1B(O)O. The van der Waals surface area contributed by atoms with Crippen molar-refractivity contribution in [2.75, 3.05) is 6.54 Å². The fourth-order valence-electron chi connectivity index (χ4n) is 3.42. The molecular formula is C20H18BN3O4. The second-order valence-corrected chi connectivity index (χ2v) is 6.67. The third kappa shape index (κ3) is 3.35. The minimum Gasteiger partial charge on any atom is -0.423 e. The Bertz CT molecular complexity index is 1030. The van der Waals surface area contributed by atoms with Crippen LogP contribution in [0.15, 0.2) is 54.6 Å². The van der Waals surface area contributed by atoms with Crippen molar-refractivity contribution in [3.8, 4) is 11.3 Å². The molecule has 2 N–H and O–H groups in total. The van der Waals surface area contributed by atoms with Gasteiger partial charge in [-0.15, -0.1) is 0 Å². The summed E-state index contributed by atoms with van der Waals surface area (Å²) in [7, 11) is -1.76. The van der Waals surface area contributed by atoms with Crippen molar-refractivity contribution in [3.63, 3.8) is 0 Å². The van der Waals surface area contributed by atoms with Crippen molar-refractivity contribution >= 4 is 24.8 Å². The number of rotatable bonds is 4. The molecule has 1 aliphatic rings. The second kappa shape index (κ2) is 7.42. The summed E-state index contributed by atoms with van der Waals surface area (Å²) in [6.45, 7) is 1.50. The molecule has 0 bridgehead atoms. The second-order valence-electron chi connectivity index (χ2n) is 6.67. The summed E-state index contributed by atoms with van der Waals surface area (Å²) < 4.78 is 1.91. The number of carbonyl (C=O) groups is 2. The largest absolute Gasteiger partial charge is 0.489 e. The number of hydrogen-bond acceptors (Lipinski definition) is 5. The molecule has 140 valence electrons. The van der Waals surface area contributed by atoms with Crippen LogP contribution >= 0.6 is 0 Å². The maximum atomic E-state index is 12.9. The fourth-order valence-corrected chi connectivity index (χ4v) is 3.42. The van der Waals surface area contributed by atoms with Gasteiger partial charge in [0.25, 0.3) is 5.91 Å². The van der Waals surface area contributed by atoms with E-state index < -0.39 is 7.12 Å². The molecule has 0 unspecified atom stereocenters. The van der Waals surface area contributed by atoms with E-state index in [-0.39, 0.29) is 16.9 Å². The fraction of sp³-hybridized carbons (Fsp3) is 0.150. The molecule has 0 fully saturated rings. The molecule has 28 heavy (non-hydrogen) atoms. The van der Waals surface area contributed by atoms with Crippen LogP contribution in [0.5, 0.6) is 0 Å². The number of hydrogen-bond donors (Lipinski definition) is 2. The van der Waals surface area contributed by atoms with Gasteiger partial charge in [0.1, 0.15) is 6.29 Å².